The second kappa shape index (κ2) is 12.8. The molecule has 0 aliphatic rings. The van der Waals surface area contributed by atoms with Crippen LogP contribution >= 0.6 is 0 Å². The van der Waals surface area contributed by atoms with Gasteiger partial charge in [0, 0.05) is 16.8 Å². The van der Waals surface area contributed by atoms with E-state index in [4.69, 9.17) is 0 Å². The van der Waals surface area contributed by atoms with Gasteiger partial charge in [-0.1, -0.05) is 199 Å². The van der Waals surface area contributed by atoms with E-state index in [0.717, 1.165) is 5.69 Å². The summed E-state index contributed by atoms with van der Waals surface area (Å²) in [5.41, 5.74) is 7.48. The predicted octanol–water partition coefficient (Wildman–Crippen LogP) is 11.4. The largest absolute Gasteiger partial charge is 0.310 e. The molecule has 54 heavy (non-hydrogen) atoms. The first kappa shape index (κ1) is 32.5. The summed E-state index contributed by atoms with van der Waals surface area (Å²) in [6.45, 7) is 7.32. The van der Waals surface area contributed by atoms with Gasteiger partial charge in [0.1, 0.15) is 0 Å². The van der Waals surface area contributed by atoms with Gasteiger partial charge < -0.3 is 4.90 Å². The van der Waals surface area contributed by atoms with E-state index < -0.39 is 8.07 Å². The molecule has 0 unspecified atom stereocenters. The lowest BCUT2D eigenvalue weighted by atomic mass is 9.35. The van der Waals surface area contributed by atoms with Crippen LogP contribution in [0.5, 0.6) is 0 Å². The Morgan fingerprint density at radius 1 is 0.389 bits per heavy atom. The number of anilines is 3. The van der Waals surface area contributed by atoms with Crippen molar-refractivity contribution in [3.8, 4) is 0 Å². The first-order chi connectivity index (χ1) is 26.4. The Kier molecular flexibility index (Phi) is 7.68. The molecule has 0 aromatic heterocycles. The molecular formula is C51H40BNSi. The average molecular weight is 706 g/mol. The van der Waals surface area contributed by atoms with Gasteiger partial charge in [-0.2, -0.15) is 0 Å². The molecule has 0 fully saturated rings. The van der Waals surface area contributed by atoms with Gasteiger partial charge in [-0.15, -0.1) is 0 Å². The fourth-order valence-electron chi connectivity index (χ4n) is 8.78. The summed E-state index contributed by atoms with van der Waals surface area (Å²) in [5, 5.41) is 14.3. The van der Waals surface area contributed by atoms with Crippen LogP contribution in [0.25, 0.3) is 53.9 Å². The average Bonchev–Trinajstić information content (AvgIpc) is 3.21. The van der Waals surface area contributed by atoms with Gasteiger partial charge in [0.2, 0.25) is 6.71 Å². The van der Waals surface area contributed by atoms with Crippen molar-refractivity contribution in [2.75, 3.05) is 4.90 Å². The quantitative estimate of drug-likeness (QED) is 0.118. The fraction of sp³-hybridized carbons (Fsp3) is 0.0588. The van der Waals surface area contributed by atoms with E-state index in [1.165, 1.54) is 86.8 Å². The molecule has 0 atom stereocenters. The van der Waals surface area contributed by atoms with Crippen molar-refractivity contribution < 1.29 is 0 Å². The topological polar surface area (TPSA) is 3.24 Å². The SMILES string of the molecule is C[Si](C)(C)c1ccc(N(c2ccc3ccccc3c2)c2ccc3ccc4c(B(c5ccccc5)c5cccc6ccccc56)ccc5ccc2c3c54)cc1. The van der Waals surface area contributed by atoms with E-state index in [0.29, 0.717) is 0 Å². The molecule has 0 amide bonds. The van der Waals surface area contributed by atoms with Crippen LogP contribution in [-0.2, 0) is 0 Å². The molecule has 3 heteroatoms. The third kappa shape index (κ3) is 5.38. The van der Waals surface area contributed by atoms with Crippen LogP contribution in [0.4, 0.5) is 17.1 Å². The molecule has 0 aliphatic heterocycles. The van der Waals surface area contributed by atoms with Crippen molar-refractivity contribution in [1.82, 2.24) is 0 Å². The van der Waals surface area contributed by atoms with Gasteiger partial charge in [0.15, 0.2) is 0 Å². The maximum absolute atomic E-state index is 2.47. The molecule has 0 N–H and O–H groups in total. The molecule has 0 bridgehead atoms. The molecular weight excluding hydrogens is 665 g/mol. The van der Waals surface area contributed by atoms with Crippen LogP contribution in [0.2, 0.25) is 19.6 Å². The normalized spacial score (nSPS) is 12.0. The lowest BCUT2D eigenvalue weighted by Gasteiger charge is -2.29. The first-order valence-electron chi connectivity index (χ1n) is 19.0. The molecule has 0 spiro atoms. The third-order valence-corrected chi connectivity index (χ3v) is 13.5. The minimum absolute atomic E-state index is 0.0697. The summed E-state index contributed by atoms with van der Waals surface area (Å²) in [7, 11) is -1.47. The number of hydrogen-bond donors (Lipinski definition) is 0. The minimum atomic E-state index is -1.47. The molecule has 0 saturated heterocycles. The standard InChI is InChI=1S/C51H40BNSi/c1-54(2,3)43-28-26-41(27-29-43)53(42-25-20-35-12-7-8-14-39(35)34-42)49-33-24-38-21-30-45-48(32-23-37-22-31-46(49)51(38)50(37)45)52(40-16-5-4-6-17-40)47-19-11-15-36-13-9-10-18-44(36)47/h4-34H,1-3H3. The van der Waals surface area contributed by atoms with Crippen LogP contribution in [0.3, 0.4) is 0 Å². The van der Waals surface area contributed by atoms with E-state index in [2.05, 4.69) is 213 Å². The predicted molar refractivity (Wildman–Crippen MR) is 240 cm³/mol. The van der Waals surface area contributed by atoms with E-state index in [-0.39, 0.29) is 6.71 Å². The van der Waals surface area contributed by atoms with E-state index >= 15 is 0 Å². The van der Waals surface area contributed by atoms with Crippen molar-refractivity contribution in [2.24, 2.45) is 0 Å². The second-order valence-electron chi connectivity index (χ2n) is 15.7. The Bertz CT molecular complexity index is 2980. The van der Waals surface area contributed by atoms with Gasteiger partial charge in [-0.25, -0.2) is 0 Å². The summed E-state index contributed by atoms with van der Waals surface area (Å²) >= 11 is 0. The zero-order valence-corrected chi connectivity index (χ0v) is 31.9. The Balaban J connectivity index is 1.23. The highest BCUT2D eigenvalue weighted by atomic mass is 28.3. The highest BCUT2D eigenvalue weighted by Gasteiger charge is 2.27. The van der Waals surface area contributed by atoms with E-state index in [1.54, 1.807) is 0 Å². The van der Waals surface area contributed by atoms with Crippen LogP contribution in [0.15, 0.2) is 188 Å². The number of nitrogens with zero attached hydrogens (tertiary/aromatic N) is 1. The van der Waals surface area contributed by atoms with Gasteiger partial charge in [-0.05, 0) is 78.8 Å². The second-order valence-corrected chi connectivity index (χ2v) is 20.8. The van der Waals surface area contributed by atoms with Crippen LogP contribution in [0.1, 0.15) is 0 Å². The highest BCUT2D eigenvalue weighted by molar-refractivity contribution is 6.98. The fourth-order valence-corrected chi connectivity index (χ4v) is 9.95. The molecule has 10 aromatic rings. The monoisotopic (exact) mass is 705 g/mol. The van der Waals surface area contributed by atoms with Crippen LogP contribution in [-0.4, -0.2) is 14.8 Å². The Hall–Kier alpha value is -6.16. The Morgan fingerprint density at radius 2 is 0.963 bits per heavy atom. The van der Waals surface area contributed by atoms with E-state index in [1.807, 2.05) is 0 Å². The Morgan fingerprint density at radius 3 is 1.74 bits per heavy atom. The van der Waals surface area contributed by atoms with Gasteiger partial charge >= 0.3 is 0 Å². The van der Waals surface area contributed by atoms with Gasteiger partial charge in [0.05, 0.1) is 13.8 Å². The summed E-state index contributed by atoms with van der Waals surface area (Å²) in [5.74, 6) is 0. The summed E-state index contributed by atoms with van der Waals surface area (Å²) in [4.78, 5) is 2.47. The molecule has 0 radical (unpaired) electrons. The van der Waals surface area contributed by atoms with Crippen molar-refractivity contribution in [3.05, 3.63) is 188 Å². The maximum atomic E-state index is 2.47. The molecule has 10 aromatic carbocycles. The highest BCUT2D eigenvalue weighted by Crippen LogP contribution is 2.44. The lowest BCUT2D eigenvalue weighted by molar-refractivity contribution is 1.31. The molecule has 0 heterocycles. The number of benzene rings is 10. The maximum Gasteiger partial charge on any atom is 0.242 e. The zero-order valence-electron chi connectivity index (χ0n) is 30.9. The summed E-state index contributed by atoms with van der Waals surface area (Å²) in [6.07, 6.45) is 0. The van der Waals surface area contributed by atoms with Crippen molar-refractivity contribution in [3.63, 3.8) is 0 Å². The van der Waals surface area contributed by atoms with Crippen molar-refractivity contribution in [2.45, 2.75) is 19.6 Å². The van der Waals surface area contributed by atoms with Crippen molar-refractivity contribution in [1.29, 1.82) is 0 Å². The minimum Gasteiger partial charge on any atom is -0.310 e. The van der Waals surface area contributed by atoms with E-state index in [9.17, 15) is 0 Å². The smallest absolute Gasteiger partial charge is 0.242 e. The zero-order chi connectivity index (χ0) is 36.4. The number of rotatable bonds is 7. The Labute approximate surface area is 318 Å². The first-order valence-corrected chi connectivity index (χ1v) is 22.5. The molecule has 256 valence electrons. The number of hydrogen-bond acceptors (Lipinski definition) is 1. The summed E-state index contributed by atoms with van der Waals surface area (Å²) in [6, 6.07) is 70.3. The third-order valence-electron chi connectivity index (χ3n) is 11.5. The van der Waals surface area contributed by atoms with Crippen LogP contribution < -0.4 is 26.5 Å². The molecule has 10 rings (SSSR count). The molecule has 1 nitrogen and oxygen atoms in total. The summed E-state index contributed by atoms with van der Waals surface area (Å²) < 4.78 is 0. The van der Waals surface area contributed by atoms with Gasteiger partial charge in [-0.3, -0.25) is 0 Å². The van der Waals surface area contributed by atoms with Gasteiger partial charge in [0.25, 0.3) is 0 Å². The molecule has 0 aliphatic carbocycles. The lowest BCUT2D eigenvalue weighted by Crippen LogP contribution is -2.52. The number of fused-ring (bicyclic) bond motifs is 2. The van der Waals surface area contributed by atoms with Crippen molar-refractivity contribution >= 4 is 107 Å². The van der Waals surface area contributed by atoms with Crippen LogP contribution in [0, 0.1) is 0 Å². The molecule has 0 saturated carbocycles.